The molecule has 3 atom stereocenters. The Morgan fingerprint density at radius 2 is 1.78 bits per heavy atom. The topological polar surface area (TPSA) is 75.6 Å². The monoisotopic (exact) mass is 333 g/mol. The van der Waals surface area contributed by atoms with Crippen molar-refractivity contribution >= 4 is 11.9 Å². The third-order valence-electron chi connectivity index (χ3n) is 3.17. The number of ether oxygens (including phenoxy) is 1. The predicted molar refractivity (Wildman–Crippen MR) is 75.5 cm³/mol. The molecule has 1 rings (SSSR count). The van der Waals surface area contributed by atoms with E-state index in [1.54, 1.807) is 42.6 Å². The van der Waals surface area contributed by atoms with E-state index in [1.807, 2.05) is 0 Å². The van der Waals surface area contributed by atoms with E-state index in [0.29, 0.717) is 5.56 Å². The van der Waals surface area contributed by atoms with Crippen LogP contribution in [-0.2, 0) is 14.3 Å². The fourth-order valence-electron chi connectivity index (χ4n) is 1.77. The van der Waals surface area contributed by atoms with Crippen LogP contribution in [0.1, 0.15) is 25.3 Å². The van der Waals surface area contributed by atoms with Gasteiger partial charge in [-0.2, -0.15) is 13.2 Å². The van der Waals surface area contributed by atoms with Gasteiger partial charge in [0.25, 0.3) is 5.91 Å². The summed E-state index contributed by atoms with van der Waals surface area (Å²) in [6.45, 7) is 1.20. The van der Waals surface area contributed by atoms with Crippen LogP contribution < -0.4 is 5.32 Å². The molecule has 1 amide bonds. The molecule has 0 radical (unpaired) electrons. The molecule has 3 unspecified atom stereocenters. The summed E-state index contributed by atoms with van der Waals surface area (Å²) in [5, 5.41) is 11.5. The van der Waals surface area contributed by atoms with Gasteiger partial charge in [0.1, 0.15) is 6.54 Å². The van der Waals surface area contributed by atoms with E-state index in [2.05, 4.69) is 0 Å². The molecule has 0 aliphatic heterocycles. The minimum atomic E-state index is -4.55. The molecule has 0 fully saturated rings. The fourth-order valence-corrected chi connectivity index (χ4v) is 1.77. The molecule has 0 saturated carbocycles. The number of carbonyl (C=O) groups is 2. The summed E-state index contributed by atoms with van der Waals surface area (Å²) in [6.07, 6.45) is -7.53. The number of aliphatic hydroxyl groups is 1. The van der Waals surface area contributed by atoms with E-state index in [4.69, 9.17) is 4.74 Å². The van der Waals surface area contributed by atoms with Crippen LogP contribution in [0.2, 0.25) is 0 Å². The van der Waals surface area contributed by atoms with Crippen LogP contribution in [0.3, 0.4) is 0 Å². The number of alkyl halides is 3. The maximum Gasteiger partial charge on any atom is 0.405 e. The van der Waals surface area contributed by atoms with Crippen molar-refractivity contribution in [1.29, 1.82) is 0 Å². The first-order valence-corrected chi connectivity index (χ1v) is 6.90. The second kappa shape index (κ2) is 7.96. The van der Waals surface area contributed by atoms with Gasteiger partial charge in [-0.3, -0.25) is 4.79 Å². The smallest absolute Gasteiger partial charge is 0.405 e. The van der Waals surface area contributed by atoms with Crippen LogP contribution in [0.25, 0.3) is 0 Å². The number of nitrogens with one attached hydrogen (secondary N) is 1. The number of aliphatic hydroxyl groups excluding tert-OH is 1. The number of hydrogen-bond donors (Lipinski definition) is 2. The van der Waals surface area contributed by atoms with Crippen LogP contribution in [0.4, 0.5) is 13.2 Å². The molecule has 5 nitrogen and oxygen atoms in total. The number of amides is 1. The zero-order valence-corrected chi connectivity index (χ0v) is 12.6. The number of rotatable bonds is 6. The van der Waals surface area contributed by atoms with E-state index in [9.17, 15) is 27.9 Å². The minimum Gasteiger partial charge on any atom is -0.451 e. The van der Waals surface area contributed by atoms with Crippen LogP contribution in [0.15, 0.2) is 30.3 Å². The van der Waals surface area contributed by atoms with Gasteiger partial charge < -0.3 is 15.2 Å². The van der Waals surface area contributed by atoms with Crippen molar-refractivity contribution in [3.63, 3.8) is 0 Å². The lowest BCUT2D eigenvalue weighted by Gasteiger charge is -2.20. The summed E-state index contributed by atoms with van der Waals surface area (Å²) in [6, 6.07) is 8.66. The molecule has 0 heterocycles. The van der Waals surface area contributed by atoms with Crippen molar-refractivity contribution in [1.82, 2.24) is 5.32 Å². The zero-order valence-electron chi connectivity index (χ0n) is 12.6. The highest BCUT2D eigenvalue weighted by Gasteiger charge is 2.31. The summed E-state index contributed by atoms with van der Waals surface area (Å²) >= 11 is 0. The van der Waals surface area contributed by atoms with Gasteiger partial charge in [0, 0.05) is 5.92 Å². The molecular formula is C15H18F3NO4. The summed E-state index contributed by atoms with van der Waals surface area (Å²) in [4.78, 5) is 23.2. The lowest BCUT2D eigenvalue weighted by molar-refractivity contribution is -0.165. The lowest BCUT2D eigenvalue weighted by Crippen LogP contribution is -2.42. The molecule has 23 heavy (non-hydrogen) atoms. The Bertz CT molecular complexity index is 533. The molecule has 8 heteroatoms. The lowest BCUT2D eigenvalue weighted by atomic mass is 9.95. The standard InChI is InChI=1S/C15H18F3NO4/c1-9(11-6-4-3-5-7-11)12(20)14(22)23-10(2)13(21)19-8-15(16,17)18/h3-7,9-10,12,20H,8H2,1-2H3,(H,19,21). The quantitative estimate of drug-likeness (QED) is 0.778. The summed E-state index contributed by atoms with van der Waals surface area (Å²) in [5.41, 5.74) is 0.686. The van der Waals surface area contributed by atoms with Crippen molar-refractivity contribution in [2.75, 3.05) is 6.54 Å². The summed E-state index contributed by atoms with van der Waals surface area (Å²) < 4.78 is 40.7. The molecule has 1 aromatic rings. The second-order valence-electron chi connectivity index (χ2n) is 5.06. The maximum atomic E-state index is 12.0. The van der Waals surface area contributed by atoms with Crippen LogP contribution in [0, 0.1) is 0 Å². The van der Waals surface area contributed by atoms with Crippen molar-refractivity contribution in [3.05, 3.63) is 35.9 Å². The van der Waals surface area contributed by atoms with Crippen molar-refractivity contribution in [2.24, 2.45) is 0 Å². The zero-order chi connectivity index (χ0) is 17.6. The molecule has 128 valence electrons. The second-order valence-corrected chi connectivity index (χ2v) is 5.06. The van der Waals surface area contributed by atoms with Gasteiger partial charge in [0.05, 0.1) is 0 Å². The number of hydrogen-bond acceptors (Lipinski definition) is 4. The van der Waals surface area contributed by atoms with Gasteiger partial charge in [-0.1, -0.05) is 37.3 Å². The normalized spacial score (nSPS) is 15.4. The first-order valence-electron chi connectivity index (χ1n) is 6.90. The molecule has 0 spiro atoms. The molecule has 0 saturated heterocycles. The van der Waals surface area contributed by atoms with Gasteiger partial charge in [0.15, 0.2) is 12.2 Å². The Morgan fingerprint density at radius 1 is 1.22 bits per heavy atom. The maximum absolute atomic E-state index is 12.0. The third kappa shape index (κ3) is 6.27. The predicted octanol–water partition coefficient (Wildman–Crippen LogP) is 1.76. The number of esters is 1. The van der Waals surface area contributed by atoms with Crippen molar-refractivity contribution in [3.8, 4) is 0 Å². The average Bonchev–Trinajstić information content (AvgIpc) is 2.51. The highest BCUT2D eigenvalue weighted by molar-refractivity contribution is 5.84. The largest absolute Gasteiger partial charge is 0.451 e. The van der Waals surface area contributed by atoms with Crippen LogP contribution in [-0.4, -0.2) is 41.9 Å². The first-order chi connectivity index (χ1) is 10.6. The fraction of sp³-hybridized carbons (Fsp3) is 0.467. The van der Waals surface area contributed by atoms with Crippen LogP contribution >= 0.6 is 0 Å². The van der Waals surface area contributed by atoms with Gasteiger partial charge in [-0.25, -0.2) is 4.79 Å². The first kappa shape index (κ1) is 19.0. The Hall–Kier alpha value is -2.09. The van der Waals surface area contributed by atoms with Gasteiger partial charge in [-0.05, 0) is 12.5 Å². The molecule has 0 aliphatic carbocycles. The molecule has 0 aliphatic rings. The van der Waals surface area contributed by atoms with E-state index >= 15 is 0 Å². The molecule has 2 N–H and O–H groups in total. The Balaban J connectivity index is 2.55. The van der Waals surface area contributed by atoms with E-state index in [0.717, 1.165) is 6.92 Å². The Labute approximate surface area is 131 Å². The van der Waals surface area contributed by atoms with E-state index in [-0.39, 0.29) is 0 Å². The average molecular weight is 333 g/mol. The van der Waals surface area contributed by atoms with E-state index < -0.39 is 42.7 Å². The van der Waals surface area contributed by atoms with Gasteiger partial charge >= 0.3 is 12.1 Å². The Kier molecular flexibility index (Phi) is 6.56. The molecular weight excluding hydrogens is 315 g/mol. The van der Waals surface area contributed by atoms with Gasteiger partial charge in [-0.15, -0.1) is 0 Å². The number of carbonyl (C=O) groups excluding carboxylic acids is 2. The third-order valence-corrected chi connectivity index (χ3v) is 3.17. The van der Waals surface area contributed by atoms with Crippen molar-refractivity contribution < 1.29 is 32.6 Å². The van der Waals surface area contributed by atoms with Gasteiger partial charge in [0.2, 0.25) is 0 Å². The molecule has 1 aromatic carbocycles. The minimum absolute atomic E-state index is 0.589. The SMILES string of the molecule is CC(OC(=O)C(O)C(C)c1ccccc1)C(=O)NCC(F)(F)F. The molecule has 0 aromatic heterocycles. The number of halogens is 3. The van der Waals surface area contributed by atoms with Crippen LogP contribution in [0.5, 0.6) is 0 Å². The number of benzene rings is 1. The molecule has 0 bridgehead atoms. The highest BCUT2D eigenvalue weighted by Crippen LogP contribution is 2.20. The summed E-state index contributed by atoms with van der Waals surface area (Å²) in [5.74, 6) is -2.75. The Morgan fingerprint density at radius 3 is 2.30 bits per heavy atom. The highest BCUT2D eigenvalue weighted by atomic mass is 19.4. The van der Waals surface area contributed by atoms with Crippen molar-refractivity contribution in [2.45, 2.75) is 38.1 Å². The summed E-state index contributed by atoms with van der Waals surface area (Å²) in [7, 11) is 0. The van der Waals surface area contributed by atoms with E-state index in [1.165, 1.54) is 0 Å².